The summed E-state index contributed by atoms with van der Waals surface area (Å²) in [5, 5.41) is 0. The van der Waals surface area contributed by atoms with Gasteiger partial charge in [-0.2, -0.15) is 0 Å². The fourth-order valence-corrected chi connectivity index (χ4v) is 1.55. The summed E-state index contributed by atoms with van der Waals surface area (Å²) in [6.45, 7) is 10.2. The number of hydrogen-bond acceptors (Lipinski definition) is 1. The minimum absolute atomic E-state index is 0.0904. The molecule has 0 radical (unpaired) electrons. The highest BCUT2D eigenvalue weighted by Crippen LogP contribution is 2.18. The third kappa shape index (κ3) is 6.90. The van der Waals surface area contributed by atoms with E-state index in [9.17, 15) is 9.18 Å². The third-order valence-corrected chi connectivity index (χ3v) is 2.92. The highest BCUT2D eigenvalue weighted by atomic mass is 19.1. The molecule has 0 amide bonds. The van der Waals surface area contributed by atoms with E-state index in [1.165, 1.54) is 37.8 Å². The second kappa shape index (κ2) is 10.5. The summed E-state index contributed by atoms with van der Waals surface area (Å²) in [7, 11) is 0. The maximum absolute atomic E-state index is 13.1. The Morgan fingerprint density at radius 2 is 1.79 bits per heavy atom. The molecule has 0 aromatic heterocycles. The van der Waals surface area contributed by atoms with Crippen LogP contribution < -0.4 is 0 Å². The van der Waals surface area contributed by atoms with E-state index in [-0.39, 0.29) is 5.56 Å². The van der Waals surface area contributed by atoms with Crippen LogP contribution in [0.3, 0.4) is 0 Å². The Kier molecular flexibility index (Phi) is 9.69. The molecule has 0 saturated carbocycles. The molecule has 1 aromatic rings. The Bertz CT molecular complexity index is 392. The summed E-state index contributed by atoms with van der Waals surface area (Å²) in [5.74, 6) is -0.484. The van der Waals surface area contributed by atoms with E-state index in [2.05, 4.69) is 20.4 Å². The summed E-state index contributed by atoms with van der Waals surface area (Å²) < 4.78 is 13.1. The summed E-state index contributed by atoms with van der Waals surface area (Å²) in [6.07, 6.45) is 6.82. The predicted octanol–water partition coefficient (Wildman–Crippen LogP) is 5.65. The molecule has 0 spiro atoms. The van der Waals surface area contributed by atoms with Crippen molar-refractivity contribution in [2.75, 3.05) is 0 Å². The van der Waals surface area contributed by atoms with Gasteiger partial charge in [-0.15, -0.1) is 0 Å². The van der Waals surface area contributed by atoms with Crippen molar-refractivity contribution in [3.05, 3.63) is 41.7 Å². The Hall–Kier alpha value is -1.44. The van der Waals surface area contributed by atoms with Crippen LogP contribution >= 0.6 is 0 Å². The SMILES string of the molecule is C=C(CC)c1ccc(C=O)c(F)c1.CCCCCC. The molecule has 0 fully saturated rings. The van der Waals surface area contributed by atoms with Crippen LogP contribution in [0.5, 0.6) is 0 Å². The van der Waals surface area contributed by atoms with Crippen molar-refractivity contribution in [2.45, 2.75) is 52.9 Å². The van der Waals surface area contributed by atoms with Gasteiger partial charge >= 0.3 is 0 Å². The fraction of sp³-hybridized carbons (Fsp3) is 0.471. The van der Waals surface area contributed by atoms with Crippen LogP contribution in [0.15, 0.2) is 24.8 Å². The highest BCUT2D eigenvalue weighted by molar-refractivity contribution is 5.76. The van der Waals surface area contributed by atoms with Crippen molar-refractivity contribution in [1.82, 2.24) is 0 Å². The molecule has 0 bridgehead atoms. The van der Waals surface area contributed by atoms with Gasteiger partial charge in [0.25, 0.3) is 0 Å². The zero-order valence-corrected chi connectivity index (χ0v) is 12.3. The number of hydrogen-bond donors (Lipinski definition) is 0. The van der Waals surface area contributed by atoms with Crippen molar-refractivity contribution in [3.63, 3.8) is 0 Å². The Morgan fingerprint density at radius 1 is 1.21 bits per heavy atom. The van der Waals surface area contributed by atoms with Crippen molar-refractivity contribution in [1.29, 1.82) is 0 Å². The summed E-state index contributed by atoms with van der Waals surface area (Å²) in [4.78, 5) is 10.3. The van der Waals surface area contributed by atoms with Gasteiger partial charge in [0.2, 0.25) is 0 Å². The number of benzene rings is 1. The maximum Gasteiger partial charge on any atom is 0.152 e. The lowest BCUT2D eigenvalue weighted by molar-refractivity contribution is 0.112. The molecule has 0 saturated heterocycles. The first-order valence-corrected chi connectivity index (χ1v) is 7.03. The van der Waals surface area contributed by atoms with Crippen LogP contribution in [0.4, 0.5) is 4.39 Å². The number of unbranched alkanes of at least 4 members (excludes halogenated alkanes) is 3. The second-order valence-electron chi connectivity index (χ2n) is 4.52. The zero-order valence-electron chi connectivity index (χ0n) is 12.3. The van der Waals surface area contributed by atoms with Gasteiger partial charge in [-0.25, -0.2) is 4.39 Å². The predicted molar refractivity (Wildman–Crippen MR) is 80.9 cm³/mol. The van der Waals surface area contributed by atoms with Crippen molar-refractivity contribution >= 4 is 11.9 Å². The van der Waals surface area contributed by atoms with Gasteiger partial charge in [-0.1, -0.05) is 59.1 Å². The van der Waals surface area contributed by atoms with Crippen LogP contribution in [0.1, 0.15) is 68.8 Å². The quantitative estimate of drug-likeness (QED) is 0.479. The monoisotopic (exact) mass is 264 g/mol. The van der Waals surface area contributed by atoms with E-state index >= 15 is 0 Å². The normalized spacial score (nSPS) is 9.47. The van der Waals surface area contributed by atoms with Gasteiger partial charge in [0.15, 0.2) is 6.29 Å². The van der Waals surface area contributed by atoms with Crippen molar-refractivity contribution in [3.8, 4) is 0 Å². The van der Waals surface area contributed by atoms with Gasteiger partial charge in [0, 0.05) is 0 Å². The lowest BCUT2D eigenvalue weighted by atomic mass is 10.0. The van der Waals surface area contributed by atoms with E-state index < -0.39 is 5.82 Å². The molecule has 0 N–H and O–H groups in total. The summed E-state index contributed by atoms with van der Waals surface area (Å²) in [5.41, 5.74) is 1.72. The molecule has 0 aliphatic rings. The molecule has 1 rings (SSSR count). The Morgan fingerprint density at radius 3 is 2.16 bits per heavy atom. The lowest BCUT2D eigenvalue weighted by Crippen LogP contribution is -1.90. The first-order valence-electron chi connectivity index (χ1n) is 7.03. The van der Waals surface area contributed by atoms with E-state index in [4.69, 9.17) is 0 Å². The minimum atomic E-state index is -0.484. The summed E-state index contributed by atoms with van der Waals surface area (Å²) >= 11 is 0. The molecule has 0 heterocycles. The number of aldehydes is 1. The number of carbonyl (C=O) groups is 1. The molecule has 19 heavy (non-hydrogen) atoms. The van der Waals surface area contributed by atoms with Crippen LogP contribution in [-0.4, -0.2) is 6.29 Å². The number of allylic oxidation sites excluding steroid dienone is 1. The largest absolute Gasteiger partial charge is 0.298 e. The molecule has 0 aliphatic heterocycles. The van der Waals surface area contributed by atoms with Gasteiger partial charge in [0.05, 0.1) is 5.56 Å². The molecule has 2 heteroatoms. The molecule has 1 aromatic carbocycles. The van der Waals surface area contributed by atoms with Crippen LogP contribution in [0, 0.1) is 5.82 Å². The molecular formula is C17H25FO. The standard InChI is InChI=1S/C11H11FO.C6H14/c1-3-8(2)9-4-5-10(7-13)11(12)6-9;1-3-5-6-4-2/h4-7H,2-3H2,1H3;3-6H2,1-2H3. The molecular weight excluding hydrogens is 239 g/mol. The first kappa shape index (κ1) is 17.6. The number of halogens is 1. The molecule has 0 unspecified atom stereocenters. The first-order chi connectivity index (χ1) is 9.10. The molecule has 0 aliphatic carbocycles. The maximum atomic E-state index is 13.1. The molecule has 106 valence electrons. The van der Waals surface area contributed by atoms with Crippen LogP contribution in [0.25, 0.3) is 5.57 Å². The highest BCUT2D eigenvalue weighted by Gasteiger charge is 2.03. The zero-order chi connectivity index (χ0) is 14.7. The number of carbonyl (C=O) groups excluding carboxylic acids is 1. The van der Waals surface area contributed by atoms with E-state index in [1.807, 2.05) is 6.92 Å². The average Bonchev–Trinajstić information content (AvgIpc) is 2.44. The van der Waals surface area contributed by atoms with Gasteiger partial charge in [-0.05, 0) is 29.7 Å². The van der Waals surface area contributed by atoms with Crippen molar-refractivity contribution < 1.29 is 9.18 Å². The summed E-state index contributed by atoms with van der Waals surface area (Å²) in [6, 6.07) is 4.52. The number of rotatable bonds is 6. The smallest absolute Gasteiger partial charge is 0.152 e. The van der Waals surface area contributed by atoms with E-state index in [0.717, 1.165) is 17.6 Å². The second-order valence-corrected chi connectivity index (χ2v) is 4.52. The van der Waals surface area contributed by atoms with Gasteiger partial charge in [-0.3, -0.25) is 4.79 Å². The average molecular weight is 264 g/mol. The Labute approximate surface area is 116 Å². The third-order valence-electron chi connectivity index (χ3n) is 2.92. The molecule has 1 nitrogen and oxygen atoms in total. The lowest BCUT2D eigenvalue weighted by Gasteiger charge is -2.03. The van der Waals surface area contributed by atoms with Crippen molar-refractivity contribution in [2.24, 2.45) is 0 Å². The fourth-order valence-electron chi connectivity index (χ4n) is 1.55. The van der Waals surface area contributed by atoms with Crippen LogP contribution in [0.2, 0.25) is 0 Å². The molecule has 0 atom stereocenters. The topological polar surface area (TPSA) is 17.1 Å². The van der Waals surface area contributed by atoms with Gasteiger partial charge < -0.3 is 0 Å². The Balaban J connectivity index is 0.000000459. The van der Waals surface area contributed by atoms with E-state index in [0.29, 0.717) is 6.29 Å². The van der Waals surface area contributed by atoms with Crippen LogP contribution in [-0.2, 0) is 0 Å². The minimum Gasteiger partial charge on any atom is -0.298 e. The van der Waals surface area contributed by atoms with E-state index in [1.54, 1.807) is 6.07 Å². The van der Waals surface area contributed by atoms with Gasteiger partial charge in [0.1, 0.15) is 5.82 Å².